The van der Waals surface area contributed by atoms with Crippen molar-refractivity contribution in [3.05, 3.63) is 39.3 Å². The lowest BCUT2D eigenvalue weighted by Gasteiger charge is -2.19. The molecule has 18 heavy (non-hydrogen) atoms. The largest absolute Gasteiger partial charge is 0.303 e. The first-order valence-electron chi connectivity index (χ1n) is 6.30. The van der Waals surface area contributed by atoms with Crippen molar-refractivity contribution in [2.45, 2.75) is 39.8 Å². The molecule has 0 radical (unpaired) electrons. The molecule has 98 valence electrons. The molecule has 2 atom stereocenters. The SMILES string of the molecule is Cc1nn(C)c(C)c1C(C)NC(C)c1cccs1. The number of hydrogen-bond donors (Lipinski definition) is 1. The second kappa shape index (κ2) is 5.24. The molecule has 0 saturated heterocycles. The summed E-state index contributed by atoms with van der Waals surface area (Å²) in [6.45, 7) is 8.63. The van der Waals surface area contributed by atoms with Gasteiger partial charge in [0.1, 0.15) is 0 Å². The van der Waals surface area contributed by atoms with Gasteiger partial charge in [0, 0.05) is 35.3 Å². The maximum Gasteiger partial charge on any atom is 0.0644 e. The van der Waals surface area contributed by atoms with E-state index in [4.69, 9.17) is 0 Å². The van der Waals surface area contributed by atoms with Crippen molar-refractivity contribution in [2.24, 2.45) is 7.05 Å². The second-order valence-corrected chi connectivity index (χ2v) is 5.81. The van der Waals surface area contributed by atoms with Crippen molar-refractivity contribution in [2.75, 3.05) is 0 Å². The standard InChI is InChI=1S/C14H21N3S/c1-9(13-7-6-8-18-13)15-10(2)14-11(3)16-17(5)12(14)4/h6-10,15H,1-5H3. The smallest absolute Gasteiger partial charge is 0.0644 e. The molecule has 0 fully saturated rings. The first-order valence-corrected chi connectivity index (χ1v) is 7.18. The van der Waals surface area contributed by atoms with Gasteiger partial charge < -0.3 is 5.32 Å². The summed E-state index contributed by atoms with van der Waals surface area (Å²) in [5, 5.41) is 10.3. The maximum absolute atomic E-state index is 4.48. The summed E-state index contributed by atoms with van der Waals surface area (Å²) in [6.07, 6.45) is 0. The van der Waals surface area contributed by atoms with E-state index < -0.39 is 0 Å². The second-order valence-electron chi connectivity index (χ2n) is 4.83. The highest BCUT2D eigenvalue weighted by atomic mass is 32.1. The van der Waals surface area contributed by atoms with Crippen LogP contribution in [0, 0.1) is 13.8 Å². The van der Waals surface area contributed by atoms with Gasteiger partial charge in [0.05, 0.1) is 5.69 Å². The predicted molar refractivity (Wildman–Crippen MR) is 77.0 cm³/mol. The first-order chi connectivity index (χ1) is 8.50. The van der Waals surface area contributed by atoms with Crippen LogP contribution in [0.15, 0.2) is 17.5 Å². The molecule has 4 heteroatoms. The molecule has 0 bridgehead atoms. The minimum absolute atomic E-state index is 0.316. The number of thiophene rings is 1. The van der Waals surface area contributed by atoms with Crippen LogP contribution in [0.1, 0.15) is 47.8 Å². The van der Waals surface area contributed by atoms with Gasteiger partial charge in [-0.3, -0.25) is 4.68 Å². The van der Waals surface area contributed by atoms with Gasteiger partial charge >= 0.3 is 0 Å². The summed E-state index contributed by atoms with van der Waals surface area (Å²) in [5.74, 6) is 0. The Kier molecular flexibility index (Phi) is 3.88. The minimum atomic E-state index is 0.316. The molecule has 3 nitrogen and oxygen atoms in total. The van der Waals surface area contributed by atoms with Crippen molar-refractivity contribution < 1.29 is 0 Å². The highest BCUT2D eigenvalue weighted by Crippen LogP contribution is 2.25. The fourth-order valence-electron chi connectivity index (χ4n) is 2.49. The van der Waals surface area contributed by atoms with Gasteiger partial charge in [0.2, 0.25) is 0 Å². The summed E-state index contributed by atoms with van der Waals surface area (Å²) in [7, 11) is 2.00. The van der Waals surface area contributed by atoms with Crippen molar-refractivity contribution in [3.8, 4) is 0 Å². The van der Waals surface area contributed by atoms with Gasteiger partial charge in [-0.15, -0.1) is 11.3 Å². The van der Waals surface area contributed by atoms with Crippen LogP contribution in [0.4, 0.5) is 0 Å². The van der Waals surface area contributed by atoms with Crippen LogP contribution >= 0.6 is 11.3 Å². The van der Waals surface area contributed by atoms with Crippen molar-refractivity contribution >= 4 is 11.3 Å². The van der Waals surface area contributed by atoms with E-state index in [0.717, 1.165) is 5.69 Å². The van der Waals surface area contributed by atoms with E-state index in [1.54, 1.807) is 11.3 Å². The van der Waals surface area contributed by atoms with Crippen molar-refractivity contribution in [1.82, 2.24) is 15.1 Å². The third-order valence-electron chi connectivity index (χ3n) is 3.47. The van der Waals surface area contributed by atoms with Gasteiger partial charge in [-0.25, -0.2) is 0 Å². The topological polar surface area (TPSA) is 29.9 Å². The van der Waals surface area contributed by atoms with E-state index in [1.807, 2.05) is 11.7 Å². The Balaban J connectivity index is 2.15. The Morgan fingerprint density at radius 3 is 2.50 bits per heavy atom. The lowest BCUT2D eigenvalue weighted by atomic mass is 10.1. The average Bonchev–Trinajstić information content (AvgIpc) is 2.88. The molecular weight excluding hydrogens is 242 g/mol. The first kappa shape index (κ1) is 13.3. The number of aryl methyl sites for hydroxylation is 2. The van der Waals surface area contributed by atoms with E-state index >= 15 is 0 Å². The lowest BCUT2D eigenvalue weighted by molar-refractivity contribution is 0.496. The third-order valence-corrected chi connectivity index (χ3v) is 4.52. The van der Waals surface area contributed by atoms with Crippen molar-refractivity contribution in [1.29, 1.82) is 0 Å². The number of rotatable bonds is 4. The zero-order chi connectivity index (χ0) is 13.3. The molecule has 2 aromatic heterocycles. The highest BCUT2D eigenvalue weighted by Gasteiger charge is 2.18. The Labute approximate surface area is 113 Å². The molecule has 0 aliphatic carbocycles. The molecule has 0 aliphatic rings. The van der Waals surface area contributed by atoms with Crippen LogP contribution < -0.4 is 5.32 Å². The molecule has 2 heterocycles. The summed E-state index contributed by atoms with van der Waals surface area (Å²) >= 11 is 1.80. The highest BCUT2D eigenvalue weighted by molar-refractivity contribution is 7.10. The number of aromatic nitrogens is 2. The van der Waals surface area contributed by atoms with E-state index in [9.17, 15) is 0 Å². The van der Waals surface area contributed by atoms with Gasteiger partial charge in [0.25, 0.3) is 0 Å². The number of hydrogen-bond acceptors (Lipinski definition) is 3. The fourth-order valence-corrected chi connectivity index (χ4v) is 3.24. The Bertz CT molecular complexity index is 513. The van der Waals surface area contributed by atoms with Crippen LogP contribution in [0.3, 0.4) is 0 Å². The monoisotopic (exact) mass is 263 g/mol. The van der Waals surface area contributed by atoms with Crippen LogP contribution in [-0.2, 0) is 7.05 Å². The molecular formula is C14H21N3S. The van der Waals surface area contributed by atoms with Crippen LogP contribution in [0.25, 0.3) is 0 Å². The number of nitrogens with one attached hydrogen (secondary N) is 1. The molecule has 0 saturated carbocycles. The normalized spacial score (nSPS) is 14.7. The van der Waals surface area contributed by atoms with Crippen LogP contribution in [-0.4, -0.2) is 9.78 Å². The molecule has 0 amide bonds. The summed E-state index contributed by atoms with van der Waals surface area (Å²) < 4.78 is 1.96. The maximum atomic E-state index is 4.48. The Hall–Kier alpha value is -1.13. The van der Waals surface area contributed by atoms with Gasteiger partial charge in [-0.05, 0) is 39.1 Å². The van der Waals surface area contributed by atoms with Crippen LogP contribution in [0.2, 0.25) is 0 Å². The quantitative estimate of drug-likeness (QED) is 0.915. The van der Waals surface area contributed by atoms with Crippen LogP contribution in [0.5, 0.6) is 0 Å². The predicted octanol–water partition coefficient (Wildman–Crippen LogP) is 3.51. The molecule has 1 N–H and O–H groups in total. The zero-order valence-corrected chi connectivity index (χ0v) is 12.5. The van der Waals surface area contributed by atoms with Gasteiger partial charge in [0.15, 0.2) is 0 Å². The molecule has 2 rings (SSSR count). The minimum Gasteiger partial charge on any atom is -0.303 e. The molecule has 2 unspecified atom stereocenters. The molecule has 2 aromatic rings. The van der Waals surface area contributed by atoms with E-state index in [0.29, 0.717) is 12.1 Å². The van der Waals surface area contributed by atoms with E-state index in [2.05, 4.69) is 55.6 Å². The van der Waals surface area contributed by atoms with E-state index in [-0.39, 0.29) is 0 Å². The summed E-state index contributed by atoms with van der Waals surface area (Å²) in [5.41, 5.74) is 3.68. The summed E-state index contributed by atoms with van der Waals surface area (Å²) in [4.78, 5) is 1.38. The molecule has 0 aromatic carbocycles. The third kappa shape index (κ3) is 2.49. The average molecular weight is 263 g/mol. The van der Waals surface area contributed by atoms with E-state index in [1.165, 1.54) is 16.1 Å². The Morgan fingerprint density at radius 2 is 2.00 bits per heavy atom. The molecule has 0 spiro atoms. The van der Waals surface area contributed by atoms with Gasteiger partial charge in [-0.2, -0.15) is 5.10 Å². The fraction of sp³-hybridized carbons (Fsp3) is 0.500. The lowest BCUT2D eigenvalue weighted by Crippen LogP contribution is -2.22. The van der Waals surface area contributed by atoms with Crippen molar-refractivity contribution in [3.63, 3.8) is 0 Å². The summed E-state index contributed by atoms with van der Waals surface area (Å²) in [6, 6.07) is 4.97. The van der Waals surface area contributed by atoms with Gasteiger partial charge in [-0.1, -0.05) is 6.07 Å². The number of nitrogens with zero attached hydrogens (tertiary/aromatic N) is 2. The molecule has 0 aliphatic heterocycles. The zero-order valence-electron chi connectivity index (χ0n) is 11.7. The Morgan fingerprint density at radius 1 is 1.28 bits per heavy atom.